The normalized spacial score (nSPS) is 20.8. The number of hydrogen-bond acceptors (Lipinski definition) is 5. The van der Waals surface area contributed by atoms with Crippen molar-refractivity contribution in [1.82, 2.24) is 15.3 Å². The zero-order chi connectivity index (χ0) is 18.4. The van der Waals surface area contributed by atoms with Gasteiger partial charge in [0.05, 0.1) is 0 Å². The second-order valence-corrected chi connectivity index (χ2v) is 7.94. The lowest BCUT2D eigenvalue weighted by Crippen LogP contribution is -2.36. The largest absolute Gasteiger partial charge is 0.362 e. The molecular formula is C19H32N6S. The number of nitrogens with one attached hydrogen (secondary N) is 2. The molecule has 0 spiro atoms. The summed E-state index contributed by atoms with van der Waals surface area (Å²) < 4.78 is 0. The molecule has 0 aliphatic carbocycles. The molecule has 2 N–H and O–H groups in total. The van der Waals surface area contributed by atoms with Gasteiger partial charge < -0.3 is 20.4 Å². The molecule has 3 heterocycles. The summed E-state index contributed by atoms with van der Waals surface area (Å²) >= 11 is 5.39. The molecule has 2 aliphatic rings. The van der Waals surface area contributed by atoms with Crippen LogP contribution in [0, 0.1) is 5.92 Å². The van der Waals surface area contributed by atoms with E-state index >= 15 is 0 Å². The summed E-state index contributed by atoms with van der Waals surface area (Å²) in [4.78, 5) is 14.3. The molecule has 1 aromatic rings. The Morgan fingerprint density at radius 3 is 2.50 bits per heavy atom. The van der Waals surface area contributed by atoms with Crippen LogP contribution in [0.4, 0.5) is 17.6 Å². The van der Waals surface area contributed by atoms with Crippen LogP contribution in [0.1, 0.15) is 52.4 Å². The van der Waals surface area contributed by atoms with Crippen LogP contribution in [0.25, 0.3) is 0 Å². The van der Waals surface area contributed by atoms with Gasteiger partial charge in [-0.25, -0.2) is 0 Å². The van der Waals surface area contributed by atoms with Crippen LogP contribution in [-0.2, 0) is 0 Å². The molecule has 144 valence electrons. The Morgan fingerprint density at radius 1 is 1.12 bits per heavy atom. The van der Waals surface area contributed by atoms with Crippen molar-refractivity contribution >= 4 is 34.9 Å². The molecule has 2 saturated heterocycles. The van der Waals surface area contributed by atoms with Gasteiger partial charge in [0, 0.05) is 38.8 Å². The SMILES string of the molecule is CCCNC(=S)Nc1nc(N2CCCCC2)cc(N2CCCC(C)C2)n1. The third-order valence-corrected chi connectivity index (χ3v) is 5.37. The van der Waals surface area contributed by atoms with E-state index < -0.39 is 0 Å². The van der Waals surface area contributed by atoms with Crippen molar-refractivity contribution in [3.63, 3.8) is 0 Å². The quantitative estimate of drug-likeness (QED) is 0.764. The summed E-state index contributed by atoms with van der Waals surface area (Å²) in [5.74, 6) is 3.36. The van der Waals surface area contributed by atoms with Gasteiger partial charge in [0.25, 0.3) is 0 Å². The average molecular weight is 377 g/mol. The van der Waals surface area contributed by atoms with Crippen LogP contribution in [0.3, 0.4) is 0 Å². The number of anilines is 3. The van der Waals surface area contributed by atoms with Crippen LogP contribution < -0.4 is 20.4 Å². The molecular weight excluding hydrogens is 344 g/mol. The molecule has 0 saturated carbocycles. The highest BCUT2D eigenvalue weighted by Gasteiger charge is 2.21. The summed E-state index contributed by atoms with van der Waals surface area (Å²) in [7, 11) is 0. The zero-order valence-corrected chi connectivity index (χ0v) is 16.9. The fourth-order valence-corrected chi connectivity index (χ4v) is 3.90. The molecule has 1 atom stereocenters. The van der Waals surface area contributed by atoms with Gasteiger partial charge in [-0.2, -0.15) is 9.97 Å². The lowest BCUT2D eigenvalue weighted by Gasteiger charge is -2.33. The second-order valence-electron chi connectivity index (χ2n) is 7.53. The summed E-state index contributed by atoms with van der Waals surface area (Å²) in [6.07, 6.45) is 7.35. The van der Waals surface area contributed by atoms with Crippen LogP contribution >= 0.6 is 12.2 Å². The van der Waals surface area contributed by atoms with E-state index in [-0.39, 0.29) is 0 Å². The number of thiocarbonyl (C=S) groups is 1. The van der Waals surface area contributed by atoms with Crippen LogP contribution in [0.5, 0.6) is 0 Å². The Labute approximate surface area is 162 Å². The Bertz CT molecular complexity index is 602. The molecule has 7 heteroatoms. The monoisotopic (exact) mass is 376 g/mol. The van der Waals surface area contributed by atoms with Crippen LogP contribution in [-0.4, -0.2) is 47.8 Å². The molecule has 26 heavy (non-hydrogen) atoms. The van der Waals surface area contributed by atoms with E-state index in [1.54, 1.807) is 0 Å². The number of piperidine rings is 2. The molecule has 0 bridgehead atoms. The van der Waals surface area contributed by atoms with Crippen molar-refractivity contribution in [2.24, 2.45) is 5.92 Å². The van der Waals surface area contributed by atoms with Gasteiger partial charge in [0.2, 0.25) is 5.95 Å². The maximum atomic E-state index is 5.39. The van der Waals surface area contributed by atoms with E-state index in [4.69, 9.17) is 22.2 Å². The van der Waals surface area contributed by atoms with Crippen molar-refractivity contribution < 1.29 is 0 Å². The summed E-state index contributed by atoms with van der Waals surface area (Å²) in [6, 6.07) is 2.16. The number of nitrogens with zero attached hydrogens (tertiary/aromatic N) is 4. The number of aromatic nitrogens is 2. The zero-order valence-electron chi connectivity index (χ0n) is 16.1. The van der Waals surface area contributed by atoms with E-state index in [1.165, 1.54) is 32.1 Å². The van der Waals surface area contributed by atoms with E-state index in [0.717, 1.165) is 50.8 Å². The summed E-state index contributed by atoms with van der Waals surface area (Å²) in [5, 5.41) is 6.99. The molecule has 1 aromatic heterocycles. The Morgan fingerprint density at radius 2 is 1.81 bits per heavy atom. The summed E-state index contributed by atoms with van der Waals surface area (Å²) in [5.41, 5.74) is 0. The van der Waals surface area contributed by atoms with E-state index in [9.17, 15) is 0 Å². The van der Waals surface area contributed by atoms with Crippen molar-refractivity contribution in [3.8, 4) is 0 Å². The van der Waals surface area contributed by atoms with Crippen molar-refractivity contribution in [3.05, 3.63) is 6.07 Å². The highest BCUT2D eigenvalue weighted by Crippen LogP contribution is 2.27. The Balaban J connectivity index is 1.82. The van der Waals surface area contributed by atoms with E-state index in [1.807, 2.05) is 0 Å². The minimum Gasteiger partial charge on any atom is -0.362 e. The lowest BCUT2D eigenvalue weighted by molar-refractivity contribution is 0.444. The van der Waals surface area contributed by atoms with Crippen LogP contribution in [0.2, 0.25) is 0 Å². The van der Waals surface area contributed by atoms with Gasteiger partial charge in [-0.15, -0.1) is 0 Å². The van der Waals surface area contributed by atoms with E-state index in [2.05, 4.69) is 40.3 Å². The van der Waals surface area contributed by atoms with Crippen LogP contribution in [0.15, 0.2) is 6.07 Å². The van der Waals surface area contributed by atoms with Crippen molar-refractivity contribution in [2.75, 3.05) is 47.8 Å². The first-order valence-corrected chi connectivity index (χ1v) is 10.5. The first-order valence-electron chi connectivity index (χ1n) is 10.1. The fraction of sp³-hybridized carbons (Fsp3) is 0.737. The first-order chi connectivity index (χ1) is 12.7. The predicted octanol–water partition coefficient (Wildman–Crippen LogP) is 3.40. The fourth-order valence-electron chi connectivity index (χ4n) is 3.71. The van der Waals surface area contributed by atoms with Gasteiger partial charge in [0.15, 0.2) is 5.11 Å². The number of hydrogen-bond donors (Lipinski definition) is 2. The second kappa shape index (κ2) is 9.35. The molecule has 6 nitrogen and oxygen atoms in total. The van der Waals surface area contributed by atoms with Gasteiger partial charge in [-0.1, -0.05) is 13.8 Å². The Hall–Kier alpha value is -1.63. The third kappa shape index (κ3) is 5.19. The first kappa shape index (κ1) is 19.1. The smallest absolute Gasteiger partial charge is 0.232 e. The average Bonchev–Trinajstić information content (AvgIpc) is 2.67. The molecule has 0 amide bonds. The maximum Gasteiger partial charge on any atom is 0.232 e. The lowest BCUT2D eigenvalue weighted by atomic mass is 10.0. The minimum atomic E-state index is 0.598. The highest BCUT2D eigenvalue weighted by atomic mass is 32.1. The van der Waals surface area contributed by atoms with E-state index in [0.29, 0.717) is 17.0 Å². The minimum absolute atomic E-state index is 0.598. The van der Waals surface area contributed by atoms with Gasteiger partial charge in [-0.3, -0.25) is 0 Å². The topological polar surface area (TPSA) is 56.3 Å². The molecule has 3 rings (SSSR count). The molecule has 0 radical (unpaired) electrons. The summed E-state index contributed by atoms with van der Waals surface area (Å²) in [6.45, 7) is 9.58. The Kier molecular flexibility index (Phi) is 6.88. The maximum absolute atomic E-state index is 5.39. The standard InChI is InChI=1S/C19H32N6S/c1-3-9-20-19(26)23-18-21-16(24-10-5-4-6-11-24)13-17(22-18)25-12-7-8-15(2)14-25/h13,15H,3-12,14H2,1-2H3,(H2,20,21,22,23,26). The highest BCUT2D eigenvalue weighted by molar-refractivity contribution is 7.80. The molecule has 0 aromatic carbocycles. The molecule has 1 unspecified atom stereocenters. The third-order valence-electron chi connectivity index (χ3n) is 5.12. The molecule has 2 fully saturated rings. The van der Waals surface area contributed by atoms with Crippen molar-refractivity contribution in [1.29, 1.82) is 0 Å². The van der Waals surface area contributed by atoms with Crippen molar-refractivity contribution in [2.45, 2.75) is 52.4 Å². The van der Waals surface area contributed by atoms with Gasteiger partial charge in [-0.05, 0) is 56.7 Å². The molecule has 2 aliphatic heterocycles. The number of rotatable bonds is 5. The van der Waals surface area contributed by atoms with Gasteiger partial charge in [0.1, 0.15) is 11.6 Å². The predicted molar refractivity (Wildman–Crippen MR) is 113 cm³/mol. The van der Waals surface area contributed by atoms with Gasteiger partial charge >= 0.3 is 0 Å².